The smallest absolute Gasteiger partial charge is 0.212 e. The second-order valence-electron chi connectivity index (χ2n) is 1.67. The molecular formula is C6H9N2O. The Hall–Kier alpha value is -0.990. The van der Waals surface area contributed by atoms with Crippen LogP contribution >= 0.6 is 0 Å². The third-order valence-corrected chi connectivity index (χ3v) is 1.01. The maximum Gasteiger partial charge on any atom is 0.212 e. The number of hydrogen-bond acceptors (Lipinski definition) is 2. The van der Waals surface area contributed by atoms with E-state index in [1.165, 1.54) is 0 Å². The summed E-state index contributed by atoms with van der Waals surface area (Å²) in [5, 5.41) is 3.80. The molecule has 0 aromatic carbocycles. The Morgan fingerprint density at radius 2 is 2.67 bits per heavy atom. The van der Waals surface area contributed by atoms with Crippen molar-refractivity contribution in [1.29, 1.82) is 0 Å². The summed E-state index contributed by atoms with van der Waals surface area (Å²) in [6, 6.07) is 1.71. The lowest BCUT2D eigenvalue weighted by Gasteiger charge is -1.99. The van der Waals surface area contributed by atoms with Gasteiger partial charge in [-0.1, -0.05) is 0 Å². The van der Waals surface area contributed by atoms with Crippen LogP contribution in [0.5, 0.6) is 5.88 Å². The largest absolute Gasteiger partial charge is 0.478 e. The summed E-state index contributed by atoms with van der Waals surface area (Å²) >= 11 is 0. The Morgan fingerprint density at radius 1 is 1.89 bits per heavy atom. The highest BCUT2D eigenvalue weighted by Crippen LogP contribution is 2.04. The first kappa shape index (κ1) is 6.13. The van der Waals surface area contributed by atoms with Crippen molar-refractivity contribution in [3.05, 3.63) is 12.3 Å². The minimum atomic E-state index is 0.674. The summed E-state index contributed by atoms with van der Waals surface area (Å²) in [6.07, 6.45) is 2.67. The van der Waals surface area contributed by atoms with Gasteiger partial charge in [0.2, 0.25) is 5.88 Å². The normalized spacial score (nSPS) is 9.56. The third-order valence-electron chi connectivity index (χ3n) is 1.01. The van der Waals surface area contributed by atoms with Gasteiger partial charge in [0.05, 0.1) is 6.61 Å². The fraction of sp³-hybridized carbons (Fsp3) is 0.500. The molecule has 0 aliphatic carbocycles. The van der Waals surface area contributed by atoms with Crippen molar-refractivity contribution < 1.29 is 4.74 Å². The molecule has 0 unspecified atom stereocenters. The second-order valence-corrected chi connectivity index (χ2v) is 1.67. The highest BCUT2D eigenvalue weighted by Gasteiger charge is 1.94. The summed E-state index contributed by atoms with van der Waals surface area (Å²) in [5.74, 6) is 0.762. The molecule has 0 saturated carbocycles. The Kier molecular flexibility index (Phi) is 1.72. The molecule has 1 rings (SSSR count). The lowest BCUT2D eigenvalue weighted by molar-refractivity contribution is 0.309. The molecule has 3 nitrogen and oxygen atoms in total. The molecule has 0 aliphatic rings. The van der Waals surface area contributed by atoms with Crippen LogP contribution in [0.1, 0.15) is 6.92 Å². The van der Waals surface area contributed by atoms with Gasteiger partial charge in [0.1, 0.15) is 6.20 Å². The summed E-state index contributed by atoms with van der Waals surface area (Å²) in [4.78, 5) is 0. The molecule has 49 valence electrons. The number of nitrogens with zero attached hydrogens (tertiary/aromatic N) is 2. The summed E-state index contributed by atoms with van der Waals surface area (Å²) < 4.78 is 6.79. The van der Waals surface area contributed by atoms with Gasteiger partial charge in [-0.2, -0.15) is 5.10 Å². The van der Waals surface area contributed by atoms with Gasteiger partial charge < -0.3 is 4.74 Å². The van der Waals surface area contributed by atoms with Gasteiger partial charge >= 0.3 is 0 Å². The summed E-state index contributed by atoms with van der Waals surface area (Å²) in [5.41, 5.74) is 0. The maximum atomic E-state index is 5.15. The number of hydrogen-bond donors (Lipinski definition) is 0. The Balaban J connectivity index is 2.69. The molecule has 0 aliphatic heterocycles. The van der Waals surface area contributed by atoms with Crippen molar-refractivity contribution in [2.24, 2.45) is 7.05 Å². The van der Waals surface area contributed by atoms with Gasteiger partial charge in [0.15, 0.2) is 0 Å². The number of ether oxygens (including phenoxy) is 1. The molecule has 0 amide bonds. The van der Waals surface area contributed by atoms with Gasteiger partial charge in [-0.15, -0.1) is 0 Å². The fourth-order valence-corrected chi connectivity index (χ4v) is 0.596. The molecule has 1 aromatic rings. The van der Waals surface area contributed by atoms with Crippen LogP contribution in [0.15, 0.2) is 6.07 Å². The van der Waals surface area contributed by atoms with Gasteiger partial charge in [-0.3, -0.25) is 0 Å². The lowest BCUT2D eigenvalue weighted by atomic mass is 10.7. The SMILES string of the molecule is CCOc1c[c]nn1C. The molecule has 0 spiro atoms. The van der Waals surface area contributed by atoms with Crippen LogP contribution in [0, 0.1) is 6.20 Å². The van der Waals surface area contributed by atoms with Crippen molar-refractivity contribution in [2.45, 2.75) is 6.92 Å². The topological polar surface area (TPSA) is 27.1 Å². The van der Waals surface area contributed by atoms with E-state index < -0.39 is 0 Å². The predicted octanol–water partition coefficient (Wildman–Crippen LogP) is 0.619. The molecular weight excluding hydrogens is 116 g/mol. The van der Waals surface area contributed by atoms with Gasteiger partial charge in [-0.25, -0.2) is 4.68 Å². The molecule has 0 bridgehead atoms. The lowest BCUT2D eigenvalue weighted by Crippen LogP contribution is -1.98. The first-order valence-corrected chi connectivity index (χ1v) is 2.87. The average Bonchev–Trinajstić information content (AvgIpc) is 2.18. The van der Waals surface area contributed by atoms with E-state index in [0.717, 1.165) is 5.88 Å². The number of rotatable bonds is 2. The quantitative estimate of drug-likeness (QED) is 0.579. The highest BCUT2D eigenvalue weighted by atomic mass is 16.5. The number of aromatic nitrogens is 2. The Bertz CT molecular complexity index is 183. The van der Waals surface area contributed by atoms with Crippen molar-refractivity contribution in [1.82, 2.24) is 9.78 Å². The first-order chi connectivity index (χ1) is 4.34. The maximum absolute atomic E-state index is 5.15. The van der Waals surface area contributed by atoms with Crippen LogP contribution in [-0.4, -0.2) is 16.4 Å². The van der Waals surface area contributed by atoms with E-state index in [0.29, 0.717) is 6.61 Å². The van der Waals surface area contributed by atoms with Gasteiger partial charge in [-0.05, 0) is 6.92 Å². The van der Waals surface area contributed by atoms with E-state index >= 15 is 0 Å². The minimum absolute atomic E-state index is 0.674. The summed E-state index contributed by atoms with van der Waals surface area (Å²) in [6.45, 7) is 2.61. The third kappa shape index (κ3) is 1.22. The zero-order chi connectivity index (χ0) is 6.69. The average molecular weight is 125 g/mol. The van der Waals surface area contributed by atoms with E-state index in [-0.39, 0.29) is 0 Å². The zero-order valence-corrected chi connectivity index (χ0v) is 5.59. The summed E-state index contributed by atoms with van der Waals surface area (Å²) in [7, 11) is 1.82. The van der Waals surface area contributed by atoms with E-state index in [1.807, 2.05) is 14.0 Å². The van der Waals surface area contributed by atoms with Crippen LogP contribution in [0.2, 0.25) is 0 Å². The van der Waals surface area contributed by atoms with Crippen LogP contribution in [0.25, 0.3) is 0 Å². The van der Waals surface area contributed by atoms with E-state index in [9.17, 15) is 0 Å². The fourth-order valence-electron chi connectivity index (χ4n) is 0.596. The predicted molar refractivity (Wildman–Crippen MR) is 33.2 cm³/mol. The van der Waals surface area contributed by atoms with E-state index in [1.54, 1.807) is 10.7 Å². The molecule has 1 heterocycles. The molecule has 0 N–H and O–H groups in total. The van der Waals surface area contributed by atoms with Gasteiger partial charge in [0.25, 0.3) is 0 Å². The van der Waals surface area contributed by atoms with E-state index in [2.05, 4.69) is 11.3 Å². The molecule has 3 heteroatoms. The van der Waals surface area contributed by atoms with Crippen molar-refractivity contribution in [3.8, 4) is 5.88 Å². The minimum Gasteiger partial charge on any atom is -0.478 e. The standard InChI is InChI=1S/C6H9N2O/c1-3-9-6-4-5-7-8(6)2/h4H,3H2,1-2H3. The Morgan fingerprint density at radius 3 is 3.11 bits per heavy atom. The molecule has 0 fully saturated rings. The van der Waals surface area contributed by atoms with Crippen LogP contribution < -0.4 is 4.74 Å². The second kappa shape index (κ2) is 2.53. The van der Waals surface area contributed by atoms with E-state index in [4.69, 9.17) is 4.74 Å². The molecule has 1 aromatic heterocycles. The highest BCUT2D eigenvalue weighted by molar-refractivity contribution is 5.05. The van der Waals surface area contributed by atoms with Crippen molar-refractivity contribution in [3.63, 3.8) is 0 Å². The molecule has 1 radical (unpaired) electrons. The number of aryl methyl sites for hydroxylation is 1. The molecule has 0 saturated heterocycles. The van der Waals surface area contributed by atoms with Crippen molar-refractivity contribution in [2.75, 3.05) is 6.61 Å². The molecule has 9 heavy (non-hydrogen) atoms. The van der Waals surface area contributed by atoms with Gasteiger partial charge in [0, 0.05) is 13.1 Å². The first-order valence-electron chi connectivity index (χ1n) is 2.87. The van der Waals surface area contributed by atoms with Crippen LogP contribution in [0.3, 0.4) is 0 Å². The van der Waals surface area contributed by atoms with Crippen molar-refractivity contribution >= 4 is 0 Å². The Labute approximate surface area is 54.2 Å². The van der Waals surface area contributed by atoms with Crippen LogP contribution in [0.4, 0.5) is 0 Å². The van der Waals surface area contributed by atoms with Crippen LogP contribution in [-0.2, 0) is 7.05 Å². The monoisotopic (exact) mass is 125 g/mol. The zero-order valence-electron chi connectivity index (χ0n) is 5.59. The molecule has 0 atom stereocenters.